The Kier molecular flexibility index (Phi) is 31.6. The summed E-state index contributed by atoms with van der Waals surface area (Å²) in [6.07, 6.45) is 19.4. The van der Waals surface area contributed by atoms with Crippen LogP contribution in [0.2, 0.25) is 0 Å². The molecule has 2 saturated heterocycles. The summed E-state index contributed by atoms with van der Waals surface area (Å²) in [7, 11) is 11.8. The molecule has 3 saturated carbocycles. The lowest BCUT2D eigenvalue weighted by Crippen LogP contribution is -2.63. The molecule has 3 aliphatic carbocycles. The number of nitrogens with zero attached hydrogens (tertiary/aromatic N) is 8. The molecule has 4 N–H and O–H groups in total. The molecule has 546 valence electrons. The van der Waals surface area contributed by atoms with Gasteiger partial charge < -0.3 is 65.2 Å². The number of terminal acetylenes is 1. The van der Waals surface area contributed by atoms with Crippen LogP contribution < -0.4 is 21.3 Å². The second-order valence-electron chi connectivity index (χ2n) is 30.0. The van der Waals surface area contributed by atoms with Crippen LogP contribution >= 0.6 is 0 Å². The third-order valence-electron chi connectivity index (χ3n) is 21.7. The zero-order chi connectivity index (χ0) is 72.2. The van der Waals surface area contributed by atoms with Gasteiger partial charge in [-0.05, 0) is 127 Å². The maximum absolute atomic E-state index is 15.4. The smallest absolute Gasteiger partial charge is 0.246 e. The first-order valence-electron chi connectivity index (χ1n) is 36.0. The Hall–Kier alpha value is -6.84. The van der Waals surface area contributed by atoms with Crippen LogP contribution in [0.15, 0.2) is 0 Å². The molecule has 0 radical (unpaired) electrons. The second kappa shape index (κ2) is 37.9. The molecule has 5 fully saturated rings. The van der Waals surface area contributed by atoms with Crippen molar-refractivity contribution < 1.29 is 62.3 Å². The van der Waals surface area contributed by atoms with Gasteiger partial charge in [0.25, 0.3) is 0 Å². The lowest BCUT2D eigenvalue weighted by Gasteiger charge is -2.40. The fourth-order valence-corrected chi connectivity index (χ4v) is 14.5. The number of methoxy groups -OCH3 is 1. The van der Waals surface area contributed by atoms with Crippen LogP contribution in [0, 0.1) is 53.8 Å². The predicted molar refractivity (Wildman–Crippen MR) is 369 cm³/mol. The van der Waals surface area contributed by atoms with Gasteiger partial charge in [0, 0.05) is 82.0 Å². The molecule has 5 aliphatic rings. The van der Waals surface area contributed by atoms with Crippen molar-refractivity contribution in [3.05, 3.63) is 0 Å². The SMILES string of the molecule is C#CC1CCCC(C[C@@H]2NC(=O)CN(C)C(=O)[C@H](CC3CCCCC3)N(C)C(=O)CN(C)C(=O)CN(C)C(=O)[C@H]([C@@H](C)CC)NC(=O)[C@H](C)CN(C)C(=O)C[C@@H](C(=O)N3CCCCC3)N(C)C(=O)C(CC(C)C)NC(=O)C(C)(C)N(C)C(=O)C(CC3CCC(OC)CC3)NC2=O)C1. The van der Waals surface area contributed by atoms with E-state index < -0.39 is 151 Å². The zero-order valence-electron chi connectivity index (χ0n) is 61.3. The molecule has 0 spiro atoms. The van der Waals surface area contributed by atoms with Gasteiger partial charge in [-0.2, -0.15) is 0 Å². The minimum Gasteiger partial charge on any atom is -0.381 e. The van der Waals surface area contributed by atoms with E-state index >= 15 is 19.2 Å². The third-order valence-corrected chi connectivity index (χ3v) is 21.7. The van der Waals surface area contributed by atoms with Crippen LogP contribution in [0.5, 0.6) is 0 Å². The number of likely N-dealkylation sites (tertiary alicyclic amines) is 1. The van der Waals surface area contributed by atoms with Crippen molar-refractivity contribution in [3.63, 3.8) is 0 Å². The highest BCUT2D eigenvalue weighted by Gasteiger charge is 2.45. The van der Waals surface area contributed by atoms with Gasteiger partial charge in [0.05, 0.1) is 38.1 Å². The average Bonchev–Trinajstić information content (AvgIpc) is 0.833. The highest BCUT2D eigenvalue weighted by Crippen LogP contribution is 2.34. The molecule has 97 heavy (non-hydrogen) atoms. The fraction of sp³-hybridized carbons (Fsp3) is 0.806. The van der Waals surface area contributed by atoms with Crippen molar-refractivity contribution in [1.29, 1.82) is 0 Å². The van der Waals surface area contributed by atoms with Crippen LogP contribution in [-0.4, -0.2) is 254 Å². The molecular formula is C72H120N12O13. The molecule has 0 aromatic rings. The number of rotatable bonds is 12. The van der Waals surface area contributed by atoms with E-state index in [0.717, 1.165) is 83.5 Å². The number of nitrogens with one attached hydrogen (secondary N) is 4. The summed E-state index contributed by atoms with van der Waals surface area (Å²) in [4.78, 5) is 186. The van der Waals surface area contributed by atoms with Gasteiger partial charge in [0.1, 0.15) is 41.8 Å². The molecule has 0 bridgehead atoms. The van der Waals surface area contributed by atoms with Crippen LogP contribution in [0.25, 0.3) is 0 Å². The minimum atomic E-state index is -1.68. The molecule has 5 rings (SSSR count). The van der Waals surface area contributed by atoms with E-state index in [4.69, 9.17) is 11.2 Å². The van der Waals surface area contributed by atoms with E-state index in [2.05, 4.69) is 27.2 Å². The lowest BCUT2D eigenvalue weighted by molar-refractivity contribution is -0.151. The van der Waals surface area contributed by atoms with E-state index in [0.29, 0.717) is 45.2 Å². The van der Waals surface area contributed by atoms with Crippen molar-refractivity contribution >= 4 is 70.9 Å². The van der Waals surface area contributed by atoms with Crippen LogP contribution in [0.1, 0.15) is 190 Å². The van der Waals surface area contributed by atoms with Crippen molar-refractivity contribution in [3.8, 4) is 12.3 Å². The number of piperidine rings is 1. The van der Waals surface area contributed by atoms with Gasteiger partial charge in [-0.15, -0.1) is 12.3 Å². The summed E-state index contributed by atoms with van der Waals surface area (Å²) in [5.41, 5.74) is -1.68. The normalized spacial score (nSPS) is 29.7. The van der Waals surface area contributed by atoms with E-state index in [9.17, 15) is 38.4 Å². The summed E-state index contributed by atoms with van der Waals surface area (Å²) in [6, 6.07) is -7.13. The first kappa shape index (κ1) is 80.8. The Morgan fingerprint density at radius 3 is 1.78 bits per heavy atom. The number of carbonyl (C=O) groups excluding carboxylic acids is 12. The summed E-state index contributed by atoms with van der Waals surface area (Å²) < 4.78 is 5.69. The Balaban J connectivity index is 1.58. The molecule has 2 heterocycles. The van der Waals surface area contributed by atoms with Gasteiger partial charge in [0.15, 0.2) is 0 Å². The van der Waals surface area contributed by atoms with Crippen LogP contribution in [-0.2, 0) is 62.3 Å². The van der Waals surface area contributed by atoms with Crippen molar-refractivity contribution in [2.45, 2.75) is 238 Å². The highest BCUT2D eigenvalue weighted by atomic mass is 16.5. The van der Waals surface area contributed by atoms with E-state index in [1.807, 2.05) is 20.8 Å². The van der Waals surface area contributed by atoms with Gasteiger partial charge in [-0.25, -0.2) is 0 Å². The van der Waals surface area contributed by atoms with E-state index in [1.54, 1.807) is 25.9 Å². The Morgan fingerprint density at radius 1 is 0.588 bits per heavy atom. The summed E-state index contributed by atoms with van der Waals surface area (Å²) in [5.74, 6) is -5.81. The maximum atomic E-state index is 15.4. The topological polar surface area (TPSA) is 288 Å². The molecule has 12 amide bonds. The largest absolute Gasteiger partial charge is 0.381 e. The Morgan fingerprint density at radius 2 is 1.18 bits per heavy atom. The Labute approximate surface area is 578 Å². The van der Waals surface area contributed by atoms with Crippen molar-refractivity contribution in [2.75, 3.05) is 95.7 Å². The molecule has 10 atom stereocenters. The van der Waals surface area contributed by atoms with Crippen molar-refractivity contribution in [2.24, 2.45) is 41.4 Å². The van der Waals surface area contributed by atoms with Crippen LogP contribution in [0.4, 0.5) is 0 Å². The third kappa shape index (κ3) is 23.1. The molecule has 0 aromatic heterocycles. The summed E-state index contributed by atoms with van der Waals surface area (Å²) in [5, 5.41) is 11.8. The average molecular weight is 1360 g/mol. The van der Waals surface area contributed by atoms with Gasteiger partial charge in [-0.1, -0.05) is 86.0 Å². The Bertz CT molecular complexity index is 2770. The monoisotopic (exact) mass is 1360 g/mol. The molecule has 4 unspecified atom stereocenters. The zero-order valence-corrected chi connectivity index (χ0v) is 61.3. The van der Waals surface area contributed by atoms with E-state index in [1.165, 1.54) is 97.5 Å². The number of likely N-dealkylation sites (N-methyl/N-ethyl adjacent to an activating group) is 6. The molecule has 2 aliphatic heterocycles. The summed E-state index contributed by atoms with van der Waals surface area (Å²) >= 11 is 0. The number of carbonyl (C=O) groups is 12. The lowest BCUT2D eigenvalue weighted by atomic mass is 9.78. The maximum Gasteiger partial charge on any atom is 0.246 e. The highest BCUT2D eigenvalue weighted by molar-refractivity contribution is 5.99. The number of ether oxygens (including phenoxy) is 1. The fourth-order valence-electron chi connectivity index (χ4n) is 14.5. The number of hydrogen-bond acceptors (Lipinski definition) is 13. The number of amides is 12. The van der Waals surface area contributed by atoms with Gasteiger partial charge in [-0.3, -0.25) is 57.5 Å². The molecule has 25 nitrogen and oxygen atoms in total. The second-order valence-corrected chi connectivity index (χ2v) is 30.0. The molecule has 0 aromatic carbocycles. The van der Waals surface area contributed by atoms with Crippen LogP contribution in [0.3, 0.4) is 0 Å². The quantitative estimate of drug-likeness (QED) is 0.200. The number of hydrogen-bond donors (Lipinski definition) is 4. The van der Waals surface area contributed by atoms with Crippen molar-refractivity contribution in [1.82, 2.24) is 60.5 Å². The first-order valence-corrected chi connectivity index (χ1v) is 36.0. The van der Waals surface area contributed by atoms with Gasteiger partial charge in [0.2, 0.25) is 70.9 Å². The molecule has 25 heteroatoms. The standard InChI is InChI=1S/C72H120N12O13/c1-17-47(5)63-70(95)80(12)44-61(87)78(10)45-62(88)81(13)57(40-50-26-21-19-22-27-50)68(93)79(11)43-59(85)73-54(39-52-29-25-28-49(18-2)37-52)65(90)74-56(38-51-30-32-53(97-16)33-31-51)67(92)83(15)72(7,8)71(96)75-55(36-46(3)4)66(91)82(14)58(69(94)84-34-23-20-24-35-84)41-60(86)77(9)42-48(6)64(89)76-63/h2,46-58,63H,17,19-45H2,1,3-16H3,(H,73,85)(H,74,90)(H,75,96)(H,76,89)/t47-,48+,49?,51?,52?,53?,54-,55?,56?,57-,58-,63-/m0/s1. The van der Waals surface area contributed by atoms with E-state index in [-0.39, 0.29) is 61.5 Å². The first-order chi connectivity index (χ1) is 45.7. The van der Waals surface area contributed by atoms with Gasteiger partial charge >= 0.3 is 0 Å². The molecular weight excluding hydrogens is 1240 g/mol. The summed E-state index contributed by atoms with van der Waals surface area (Å²) in [6.45, 7) is 11.3. The minimum absolute atomic E-state index is 0.0228. The predicted octanol–water partition coefficient (Wildman–Crippen LogP) is 4.19.